The summed E-state index contributed by atoms with van der Waals surface area (Å²) in [6.07, 6.45) is 0. The predicted molar refractivity (Wildman–Crippen MR) is 51.1 cm³/mol. The van der Waals surface area contributed by atoms with Gasteiger partial charge in [0.25, 0.3) is 0 Å². The Morgan fingerprint density at radius 2 is 1.87 bits per heavy atom. The number of halogens is 3. The molecule has 0 saturated heterocycles. The fourth-order valence-electron chi connectivity index (χ4n) is 1.27. The summed E-state index contributed by atoms with van der Waals surface area (Å²) in [5.74, 6) is -0.0515. The van der Waals surface area contributed by atoms with Crippen LogP contribution >= 0.6 is 15.9 Å². The fourth-order valence-corrected chi connectivity index (χ4v) is 2.31. The smallest absolute Gasteiger partial charge is 1.00 e. The van der Waals surface area contributed by atoms with Crippen LogP contribution < -0.4 is 28.6 Å². The molecule has 2 nitrogen and oxygen atoms in total. The SMILES string of the molecule is Cc1cc(C)c(C(=O)[NH][Ti+2])c(Br)c1.[Cl-].[Cl-]. The maximum Gasteiger partial charge on any atom is -1.00 e. The van der Waals surface area contributed by atoms with Crippen molar-refractivity contribution in [2.45, 2.75) is 13.8 Å². The molecule has 0 aromatic heterocycles. The first kappa shape index (κ1) is 17.8. The average molecular weight is 346 g/mol. The summed E-state index contributed by atoms with van der Waals surface area (Å²) < 4.78 is 3.46. The van der Waals surface area contributed by atoms with Crippen molar-refractivity contribution in [2.24, 2.45) is 0 Å². The molecule has 0 spiro atoms. The summed E-state index contributed by atoms with van der Waals surface area (Å²) in [7, 11) is 0. The van der Waals surface area contributed by atoms with Crippen molar-refractivity contribution in [3.63, 3.8) is 0 Å². The third kappa shape index (κ3) is 4.45. The van der Waals surface area contributed by atoms with E-state index in [2.05, 4.69) is 19.7 Å². The van der Waals surface area contributed by atoms with Crippen molar-refractivity contribution in [2.75, 3.05) is 0 Å². The van der Waals surface area contributed by atoms with E-state index in [1.54, 1.807) is 20.7 Å². The number of benzene rings is 1. The molecule has 0 aliphatic heterocycles. The molecular weight excluding hydrogens is 337 g/mol. The second-order valence-electron chi connectivity index (χ2n) is 2.89. The van der Waals surface area contributed by atoms with Gasteiger partial charge in [-0.15, -0.1) is 0 Å². The van der Waals surface area contributed by atoms with Crippen LogP contribution in [-0.4, -0.2) is 5.91 Å². The van der Waals surface area contributed by atoms with Gasteiger partial charge in [0, 0.05) is 0 Å². The van der Waals surface area contributed by atoms with E-state index < -0.39 is 0 Å². The summed E-state index contributed by atoms with van der Waals surface area (Å²) in [6, 6.07) is 3.94. The Morgan fingerprint density at radius 1 is 1.33 bits per heavy atom. The molecule has 0 heterocycles. The molecule has 0 radical (unpaired) electrons. The molecule has 1 rings (SSSR count). The van der Waals surface area contributed by atoms with Crippen molar-refractivity contribution in [1.82, 2.24) is 3.80 Å². The minimum absolute atomic E-state index is 0. The van der Waals surface area contributed by atoms with Gasteiger partial charge in [0.2, 0.25) is 0 Å². The van der Waals surface area contributed by atoms with Gasteiger partial charge in [-0.05, 0) is 0 Å². The third-order valence-corrected chi connectivity index (χ3v) is 2.75. The van der Waals surface area contributed by atoms with Gasteiger partial charge < -0.3 is 24.8 Å². The molecular formula is C9H9BrCl2NOTi. The first-order valence-electron chi connectivity index (χ1n) is 3.80. The average Bonchev–Trinajstić information content (AvgIpc) is 2.02. The molecule has 1 aromatic carbocycles. The Morgan fingerprint density at radius 3 is 2.27 bits per heavy atom. The van der Waals surface area contributed by atoms with Crippen LogP contribution in [0, 0.1) is 13.8 Å². The Bertz CT molecular complexity index is 337. The van der Waals surface area contributed by atoms with Crippen LogP contribution in [0.2, 0.25) is 0 Å². The molecule has 0 atom stereocenters. The standard InChI is InChI=1S/C9H10BrNO.2ClH.Ti/c1-5-3-6(2)8(9(11)12)7(10)4-5;;;/h3-4H,1-2H3,(H2,11,12);2*1H;/q;;;+3/p-3. The van der Waals surface area contributed by atoms with Gasteiger partial charge in [0.1, 0.15) is 0 Å². The largest absolute Gasteiger partial charge is 1.00 e. The van der Waals surface area contributed by atoms with Gasteiger partial charge >= 0.3 is 98.3 Å². The zero-order valence-electron chi connectivity index (χ0n) is 8.20. The summed E-state index contributed by atoms with van der Waals surface area (Å²) in [4.78, 5) is 11.4. The molecule has 1 amide bonds. The zero-order chi connectivity index (χ0) is 10.0. The van der Waals surface area contributed by atoms with Gasteiger partial charge in [0.05, 0.1) is 0 Å². The first-order valence-corrected chi connectivity index (χ1v) is 5.37. The minimum Gasteiger partial charge on any atom is -1.00 e. The van der Waals surface area contributed by atoms with Crippen molar-refractivity contribution in [3.8, 4) is 0 Å². The second kappa shape index (κ2) is 7.69. The van der Waals surface area contributed by atoms with Crippen LogP contribution in [-0.2, 0) is 20.7 Å². The Balaban J connectivity index is 0. The summed E-state index contributed by atoms with van der Waals surface area (Å²) >= 11 is 5.01. The van der Waals surface area contributed by atoms with Gasteiger partial charge in [-0.25, -0.2) is 0 Å². The molecule has 0 aliphatic carbocycles. The molecule has 6 heteroatoms. The fraction of sp³-hybridized carbons (Fsp3) is 0.222. The van der Waals surface area contributed by atoms with Crippen molar-refractivity contribution < 1.29 is 50.3 Å². The number of carbonyl (C=O) groups is 1. The van der Waals surface area contributed by atoms with Crippen LogP contribution in [0.15, 0.2) is 16.6 Å². The predicted octanol–water partition coefficient (Wildman–Crippen LogP) is -3.73. The Hall–Kier alpha value is 0.464. The Kier molecular flexibility index (Phi) is 9.15. The van der Waals surface area contributed by atoms with Gasteiger partial charge in [0.15, 0.2) is 0 Å². The van der Waals surface area contributed by atoms with Crippen molar-refractivity contribution >= 4 is 21.8 Å². The molecule has 0 aliphatic rings. The van der Waals surface area contributed by atoms with E-state index in [0.717, 1.165) is 15.6 Å². The molecule has 81 valence electrons. The quantitative estimate of drug-likeness (QED) is 0.521. The number of hydrogen-bond donors (Lipinski definition) is 1. The summed E-state index contributed by atoms with van der Waals surface area (Å²) in [5.41, 5.74) is 2.86. The van der Waals surface area contributed by atoms with E-state index in [4.69, 9.17) is 0 Å². The number of aryl methyl sites for hydroxylation is 2. The normalized spacial score (nSPS) is 8.60. The second-order valence-corrected chi connectivity index (χ2v) is 4.14. The first-order chi connectivity index (χ1) is 6.06. The number of rotatable bonds is 1. The van der Waals surface area contributed by atoms with Crippen LogP contribution in [0.5, 0.6) is 0 Å². The molecule has 0 saturated carbocycles. The Labute approximate surface area is 122 Å². The monoisotopic (exact) mass is 344 g/mol. The summed E-state index contributed by atoms with van der Waals surface area (Å²) in [6.45, 7) is 3.94. The zero-order valence-corrected chi connectivity index (χ0v) is 12.9. The van der Waals surface area contributed by atoms with Gasteiger partial charge in [-0.1, -0.05) is 0 Å². The van der Waals surface area contributed by atoms with Gasteiger partial charge in [-0.3, -0.25) is 0 Å². The number of hydrogen-bond acceptors (Lipinski definition) is 1. The third-order valence-electron chi connectivity index (χ3n) is 1.77. The topological polar surface area (TPSA) is 29.1 Å². The van der Waals surface area contributed by atoms with Gasteiger partial charge in [-0.2, -0.15) is 0 Å². The molecule has 0 unspecified atom stereocenters. The van der Waals surface area contributed by atoms with Crippen LogP contribution in [0.3, 0.4) is 0 Å². The molecule has 15 heavy (non-hydrogen) atoms. The maximum atomic E-state index is 11.4. The maximum absolute atomic E-state index is 11.4. The van der Waals surface area contributed by atoms with Crippen LogP contribution in [0.1, 0.15) is 21.5 Å². The van der Waals surface area contributed by atoms with Crippen LogP contribution in [0.25, 0.3) is 0 Å². The molecule has 1 aromatic rings. The number of carbonyl (C=O) groups excluding carboxylic acids is 1. The van der Waals surface area contributed by atoms with E-state index in [-0.39, 0.29) is 30.7 Å². The summed E-state index contributed by atoms with van der Waals surface area (Å²) in [5, 5.41) is 0. The minimum atomic E-state index is -0.0515. The van der Waals surface area contributed by atoms with Crippen molar-refractivity contribution in [1.29, 1.82) is 0 Å². The van der Waals surface area contributed by atoms with E-state index in [1.807, 2.05) is 26.0 Å². The van der Waals surface area contributed by atoms with E-state index >= 15 is 0 Å². The van der Waals surface area contributed by atoms with E-state index in [9.17, 15) is 4.79 Å². The molecule has 0 fully saturated rings. The van der Waals surface area contributed by atoms with E-state index in [0.29, 0.717) is 5.56 Å². The van der Waals surface area contributed by atoms with Crippen LogP contribution in [0.4, 0.5) is 0 Å². The number of nitrogens with one attached hydrogen (secondary N) is 1. The molecule has 1 N–H and O–H groups in total. The van der Waals surface area contributed by atoms with E-state index in [1.165, 1.54) is 0 Å². The van der Waals surface area contributed by atoms with Crippen molar-refractivity contribution in [3.05, 3.63) is 33.3 Å². The number of amides is 1. The molecule has 0 bridgehead atoms.